The molecular weight excluding hydrogens is 244 g/mol. The average Bonchev–Trinajstić information content (AvgIpc) is 2.81. The SMILES string of the molecule is CC1CN(Cc2ccccc2)C(Cc2ccccc2)=N1. The van der Waals surface area contributed by atoms with E-state index in [1.54, 1.807) is 0 Å². The summed E-state index contributed by atoms with van der Waals surface area (Å²) in [4.78, 5) is 7.21. The average molecular weight is 264 g/mol. The highest BCUT2D eigenvalue weighted by atomic mass is 15.2. The molecule has 2 nitrogen and oxygen atoms in total. The first-order chi connectivity index (χ1) is 9.81. The number of hydrogen-bond acceptors (Lipinski definition) is 2. The monoisotopic (exact) mass is 264 g/mol. The molecule has 3 rings (SSSR count). The predicted octanol–water partition coefficient (Wildman–Crippen LogP) is 3.53. The van der Waals surface area contributed by atoms with Gasteiger partial charge in [0.15, 0.2) is 0 Å². The zero-order valence-electron chi connectivity index (χ0n) is 11.9. The summed E-state index contributed by atoms with van der Waals surface area (Å²) in [5.41, 5.74) is 2.68. The predicted molar refractivity (Wildman–Crippen MR) is 83.9 cm³/mol. The van der Waals surface area contributed by atoms with Crippen LogP contribution in [-0.2, 0) is 13.0 Å². The van der Waals surface area contributed by atoms with E-state index in [9.17, 15) is 0 Å². The first-order valence-electron chi connectivity index (χ1n) is 7.21. The Balaban J connectivity index is 1.73. The molecule has 0 N–H and O–H groups in total. The molecule has 2 aromatic carbocycles. The van der Waals surface area contributed by atoms with Gasteiger partial charge in [0, 0.05) is 19.5 Å². The van der Waals surface area contributed by atoms with E-state index in [0.717, 1.165) is 19.5 Å². The maximum absolute atomic E-state index is 4.80. The molecule has 102 valence electrons. The van der Waals surface area contributed by atoms with E-state index in [2.05, 4.69) is 72.5 Å². The van der Waals surface area contributed by atoms with Crippen LogP contribution in [0.25, 0.3) is 0 Å². The fraction of sp³-hybridized carbons (Fsp3) is 0.278. The van der Waals surface area contributed by atoms with Gasteiger partial charge in [-0.15, -0.1) is 0 Å². The molecule has 0 spiro atoms. The van der Waals surface area contributed by atoms with Gasteiger partial charge in [0.05, 0.1) is 6.04 Å². The quantitative estimate of drug-likeness (QED) is 0.825. The van der Waals surface area contributed by atoms with Crippen LogP contribution in [0.3, 0.4) is 0 Å². The Kier molecular flexibility index (Phi) is 3.82. The van der Waals surface area contributed by atoms with Gasteiger partial charge in [-0.3, -0.25) is 4.99 Å². The summed E-state index contributed by atoms with van der Waals surface area (Å²) in [6.45, 7) is 4.17. The molecular formula is C18H20N2. The molecule has 0 amide bonds. The van der Waals surface area contributed by atoms with Crippen molar-refractivity contribution in [2.24, 2.45) is 4.99 Å². The van der Waals surface area contributed by atoms with Gasteiger partial charge >= 0.3 is 0 Å². The second-order valence-corrected chi connectivity index (χ2v) is 5.42. The molecule has 2 aromatic rings. The van der Waals surface area contributed by atoms with E-state index in [4.69, 9.17) is 4.99 Å². The Labute approximate surface area is 120 Å². The highest BCUT2D eigenvalue weighted by Gasteiger charge is 2.21. The van der Waals surface area contributed by atoms with Crippen molar-refractivity contribution in [3.63, 3.8) is 0 Å². The number of rotatable bonds is 4. The Morgan fingerprint density at radius 2 is 1.55 bits per heavy atom. The van der Waals surface area contributed by atoms with E-state index in [1.165, 1.54) is 17.0 Å². The number of benzene rings is 2. The van der Waals surface area contributed by atoms with E-state index >= 15 is 0 Å². The number of amidine groups is 1. The maximum Gasteiger partial charge on any atom is 0.104 e. The van der Waals surface area contributed by atoms with Crippen LogP contribution in [-0.4, -0.2) is 23.3 Å². The lowest BCUT2D eigenvalue weighted by Gasteiger charge is -2.21. The lowest BCUT2D eigenvalue weighted by molar-refractivity contribution is 0.421. The Morgan fingerprint density at radius 3 is 2.20 bits per heavy atom. The fourth-order valence-corrected chi connectivity index (χ4v) is 2.70. The van der Waals surface area contributed by atoms with Crippen molar-refractivity contribution in [2.45, 2.75) is 25.9 Å². The summed E-state index contributed by atoms with van der Waals surface area (Å²) < 4.78 is 0. The zero-order chi connectivity index (χ0) is 13.8. The molecule has 0 saturated heterocycles. The largest absolute Gasteiger partial charge is 0.354 e. The van der Waals surface area contributed by atoms with Crippen molar-refractivity contribution < 1.29 is 0 Å². The van der Waals surface area contributed by atoms with Crippen LogP contribution in [0.4, 0.5) is 0 Å². The van der Waals surface area contributed by atoms with Crippen LogP contribution in [0.2, 0.25) is 0 Å². The van der Waals surface area contributed by atoms with E-state index in [-0.39, 0.29) is 0 Å². The van der Waals surface area contributed by atoms with E-state index < -0.39 is 0 Å². The minimum atomic E-state index is 0.400. The van der Waals surface area contributed by atoms with Gasteiger partial charge in [-0.25, -0.2) is 0 Å². The van der Waals surface area contributed by atoms with Crippen LogP contribution in [0.15, 0.2) is 65.7 Å². The third-order valence-electron chi connectivity index (χ3n) is 3.64. The van der Waals surface area contributed by atoms with E-state index in [1.807, 2.05) is 0 Å². The Morgan fingerprint density at radius 1 is 0.950 bits per heavy atom. The zero-order valence-corrected chi connectivity index (χ0v) is 11.9. The molecule has 0 aromatic heterocycles. The standard InChI is InChI=1S/C18H20N2/c1-15-13-20(14-17-10-6-3-7-11-17)18(19-15)12-16-8-4-2-5-9-16/h2-11,15H,12-14H2,1H3. The van der Waals surface area contributed by atoms with Crippen LogP contribution < -0.4 is 0 Å². The second kappa shape index (κ2) is 5.91. The summed E-state index contributed by atoms with van der Waals surface area (Å²) in [5.74, 6) is 1.22. The van der Waals surface area contributed by atoms with Crippen molar-refractivity contribution in [1.82, 2.24) is 4.90 Å². The van der Waals surface area contributed by atoms with Gasteiger partial charge in [0.25, 0.3) is 0 Å². The molecule has 0 aliphatic carbocycles. The molecule has 0 fully saturated rings. The van der Waals surface area contributed by atoms with Crippen LogP contribution in [0, 0.1) is 0 Å². The highest BCUT2D eigenvalue weighted by molar-refractivity contribution is 5.86. The number of hydrogen-bond donors (Lipinski definition) is 0. The summed E-state index contributed by atoms with van der Waals surface area (Å²) in [6, 6.07) is 21.6. The summed E-state index contributed by atoms with van der Waals surface area (Å²) >= 11 is 0. The van der Waals surface area contributed by atoms with Crippen molar-refractivity contribution >= 4 is 5.84 Å². The molecule has 1 aliphatic heterocycles. The summed E-state index contributed by atoms with van der Waals surface area (Å²) in [7, 11) is 0. The molecule has 1 aliphatic rings. The molecule has 0 bridgehead atoms. The van der Waals surface area contributed by atoms with Gasteiger partial charge in [-0.2, -0.15) is 0 Å². The first kappa shape index (κ1) is 12.9. The Hall–Kier alpha value is -2.09. The van der Waals surface area contributed by atoms with Crippen LogP contribution in [0.1, 0.15) is 18.1 Å². The first-order valence-corrected chi connectivity index (χ1v) is 7.21. The van der Waals surface area contributed by atoms with Gasteiger partial charge in [0.2, 0.25) is 0 Å². The van der Waals surface area contributed by atoms with Crippen molar-refractivity contribution in [3.05, 3.63) is 71.8 Å². The minimum absolute atomic E-state index is 0.400. The normalized spacial score (nSPS) is 18.1. The molecule has 1 unspecified atom stereocenters. The van der Waals surface area contributed by atoms with Crippen molar-refractivity contribution in [1.29, 1.82) is 0 Å². The third kappa shape index (κ3) is 3.08. The number of nitrogens with zero attached hydrogens (tertiary/aromatic N) is 2. The minimum Gasteiger partial charge on any atom is -0.354 e. The molecule has 2 heteroatoms. The van der Waals surface area contributed by atoms with Gasteiger partial charge in [-0.05, 0) is 18.1 Å². The van der Waals surface area contributed by atoms with E-state index in [0.29, 0.717) is 6.04 Å². The van der Waals surface area contributed by atoms with Crippen molar-refractivity contribution in [2.75, 3.05) is 6.54 Å². The van der Waals surface area contributed by atoms with Gasteiger partial charge < -0.3 is 4.90 Å². The van der Waals surface area contributed by atoms with Gasteiger partial charge in [0.1, 0.15) is 5.84 Å². The fourth-order valence-electron chi connectivity index (χ4n) is 2.70. The molecule has 1 atom stereocenters. The summed E-state index contributed by atoms with van der Waals surface area (Å²) in [6.07, 6.45) is 0.929. The third-order valence-corrected chi connectivity index (χ3v) is 3.64. The smallest absolute Gasteiger partial charge is 0.104 e. The Bertz CT molecular complexity index is 575. The summed E-state index contributed by atoms with van der Waals surface area (Å²) in [5, 5.41) is 0. The number of aliphatic imine (C=N–C) groups is 1. The maximum atomic E-state index is 4.80. The molecule has 20 heavy (non-hydrogen) atoms. The highest BCUT2D eigenvalue weighted by Crippen LogP contribution is 2.16. The molecule has 0 radical (unpaired) electrons. The molecule has 1 heterocycles. The second-order valence-electron chi connectivity index (χ2n) is 5.42. The van der Waals surface area contributed by atoms with Gasteiger partial charge in [-0.1, -0.05) is 60.7 Å². The van der Waals surface area contributed by atoms with Crippen LogP contribution >= 0.6 is 0 Å². The lowest BCUT2D eigenvalue weighted by atomic mass is 10.1. The lowest BCUT2D eigenvalue weighted by Crippen LogP contribution is -2.29. The van der Waals surface area contributed by atoms with Crippen molar-refractivity contribution in [3.8, 4) is 0 Å². The topological polar surface area (TPSA) is 15.6 Å². The molecule has 0 saturated carbocycles. The van der Waals surface area contributed by atoms with Crippen LogP contribution in [0.5, 0.6) is 0 Å².